The molecule has 328 valence electrons. The maximum Gasteiger partial charge on any atom is 0.229 e. The molecule has 2 aliphatic rings. The second kappa shape index (κ2) is 18.7. The average molecular weight is 865 g/mol. The van der Waals surface area contributed by atoms with Gasteiger partial charge in [0.05, 0.1) is 23.5 Å². The summed E-state index contributed by atoms with van der Waals surface area (Å²) in [6.07, 6.45) is 10.2. The van der Waals surface area contributed by atoms with Crippen molar-refractivity contribution in [3.63, 3.8) is 0 Å². The Hall–Kier alpha value is -7.14. The second-order valence-electron chi connectivity index (χ2n) is 17.2. The first kappa shape index (κ1) is 44.9. The van der Waals surface area contributed by atoms with E-state index in [9.17, 15) is 9.59 Å². The van der Waals surface area contributed by atoms with Gasteiger partial charge in [-0.2, -0.15) is 10.5 Å². The molecule has 8 rings (SSSR count). The van der Waals surface area contributed by atoms with E-state index >= 15 is 8.78 Å². The number of halogens is 2. The normalized spacial score (nSPS) is 19.7. The van der Waals surface area contributed by atoms with E-state index in [1.165, 1.54) is 12.4 Å². The maximum atomic E-state index is 15.0. The van der Waals surface area contributed by atoms with Crippen molar-refractivity contribution in [2.75, 3.05) is 63.4 Å². The number of carbonyl (C=O) groups excluding carboxylic acids is 2. The Bertz CT molecular complexity index is 2660. The van der Waals surface area contributed by atoms with Gasteiger partial charge in [-0.3, -0.25) is 19.6 Å². The summed E-state index contributed by atoms with van der Waals surface area (Å²) in [5, 5.41) is 26.2. The van der Waals surface area contributed by atoms with E-state index in [-0.39, 0.29) is 58.7 Å². The van der Waals surface area contributed by atoms with E-state index in [0.29, 0.717) is 68.3 Å². The molecule has 0 radical (unpaired) electrons. The number of rotatable bonds is 12. The summed E-state index contributed by atoms with van der Waals surface area (Å²) in [7, 11) is 7.80. The Kier molecular flexibility index (Phi) is 13.1. The van der Waals surface area contributed by atoms with Gasteiger partial charge >= 0.3 is 0 Å². The van der Waals surface area contributed by atoms with E-state index in [0.717, 1.165) is 24.2 Å². The summed E-state index contributed by atoms with van der Waals surface area (Å²) in [6, 6.07) is 14.8. The van der Waals surface area contributed by atoms with Crippen LogP contribution in [-0.2, 0) is 9.59 Å². The molecule has 2 aromatic carbocycles. The molecular formula is C48H50F2N12O2. The van der Waals surface area contributed by atoms with Crippen LogP contribution >= 0.6 is 0 Å². The van der Waals surface area contributed by atoms with Crippen molar-refractivity contribution < 1.29 is 18.4 Å². The monoisotopic (exact) mass is 864 g/mol. The van der Waals surface area contributed by atoms with E-state index in [2.05, 4.69) is 42.7 Å². The molecular weight excluding hydrogens is 815 g/mol. The highest BCUT2D eigenvalue weighted by Crippen LogP contribution is 2.50. The first-order valence-electron chi connectivity index (χ1n) is 20.9. The fourth-order valence-electron chi connectivity index (χ4n) is 8.81. The number of nitrogen functional groups attached to an aromatic ring is 2. The van der Waals surface area contributed by atoms with Crippen LogP contribution in [-0.4, -0.2) is 82.8 Å². The van der Waals surface area contributed by atoms with Gasteiger partial charge in [-0.25, -0.2) is 18.7 Å². The molecule has 0 unspecified atom stereocenters. The Morgan fingerprint density at radius 1 is 0.641 bits per heavy atom. The Balaban J connectivity index is 0.000000191. The van der Waals surface area contributed by atoms with Gasteiger partial charge in [0.1, 0.15) is 11.6 Å². The van der Waals surface area contributed by atoms with Gasteiger partial charge in [0, 0.05) is 108 Å². The lowest BCUT2D eigenvalue weighted by Gasteiger charge is -2.13. The predicted octanol–water partition coefficient (Wildman–Crippen LogP) is 7.21. The number of nitrogens with zero attached hydrogens (tertiary/aromatic N) is 8. The Morgan fingerprint density at radius 3 is 1.38 bits per heavy atom. The van der Waals surface area contributed by atoms with Crippen molar-refractivity contribution in [2.24, 2.45) is 35.5 Å². The molecule has 2 fully saturated rings. The van der Waals surface area contributed by atoms with Gasteiger partial charge in [-0.15, -0.1) is 0 Å². The summed E-state index contributed by atoms with van der Waals surface area (Å²) in [4.78, 5) is 46.5. The topological polar surface area (TPSA) is 216 Å². The van der Waals surface area contributed by atoms with Crippen molar-refractivity contribution in [3.8, 4) is 34.4 Å². The van der Waals surface area contributed by atoms with Gasteiger partial charge in [-0.05, 0) is 124 Å². The van der Waals surface area contributed by atoms with Crippen LogP contribution in [0.2, 0.25) is 0 Å². The van der Waals surface area contributed by atoms with Crippen LogP contribution in [0.5, 0.6) is 0 Å². The maximum absolute atomic E-state index is 15.0. The fourth-order valence-corrected chi connectivity index (χ4v) is 8.81. The highest BCUT2D eigenvalue weighted by atomic mass is 19.1. The molecule has 4 aromatic heterocycles. The number of nitriles is 2. The third-order valence-electron chi connectivity index (χ3n) is 12.2. The zero-order valence-corrected chi connectivity index (χ0v) is 36.5. The highest BCUT2D eigenvalue weighted by molar-refractivity contribution is 6.02. The predicted molar refractivity (Wildman–Crippen MR) is 244 cm³/mol. The molecule has 6 N–H and O–H groups in total. The van der Waals surface area contributed by atoms with Crippen molar-refractivity contribution in [1.29, 1.82) is 10.5 Å². The van der Waals surface area contributed by atoms with Crippen molar-refractivity contribution in [1.82, 2.24) is 29.7 Å². The van der Waals surface area contributed by atoms with E-state index in [4.69, 9.17) is 22.0 Å². The zero-order chi connectivity index (χ0) is 46.0. The number of nitrogens with two attached hydrogens (primary N) is 2. The number of hydrogen-bond acceptors (Lipinski definition) is 12. The molecule has 64 heavy (non-hydrogen) atoms. The van der Waals surface area contributed by atoms with Crippen LogP contribution < -0.4 is 22.1 Å². The number of carbonyl (C=O) groups is 2. The van der Waals surface area contributed by atoms with Crippen LogP contribution in [0.1, 0.15) is 24.0 Å². The number of nitrogens with one attached hydrogen (secondary N) is 2. The Morgan fingerprint density at radius 2 is 1.03 bits per heavy atom. The van der Waals surface area contributed by atoms with Gasteiger partial charge in [-0.1, -0.05) is 0 Å². The van der Waals surface area contributed by atoms with Gasteiger partial charge in [0.25, 0.3) is 0 Å². The lowest BCUT2D eigenvalue weighted by atomic mass is 9.98. The molecule has 16 heteroatoms. The zero-order valence-electron chi connectivity index (χ0n) is 36.5. The largest absolute Gasteiger partial charge is 0.396 e. The minimum absolute atomic E-state index is 0.00783. The van der Waals surface area contributed by atoms with Gasteiger partial charge in [0.2, 0.25) is 11.8 Å². The molecule has 0 spiro atoms. The summed E-state index contributed by atoms with van der Waals surface area (Å²) < 4.78 is 30.0. The second-order valence-corrected chi connectivity index (χ2v) is 17.2. The summed E-state index contributed by atoms with van der Waals surface area (Å²) in [5.74, 6) is -0.646. The van der Waals surface area contributed by atoms with Gasteiger partial charge < -0.3 is 31.9 Å². The highest BCUT2D eigenvalue weighted by Gasteiger charge is 2.55. The van der Waals surface area contributed by atoms with Crippen LogP contribution in [0.4, 0.5) is 31.8 Å². The van der Waals surface area contributed by atoms with E-state index < -0.39 is 11.6 Å². The van der Waals surface area contributed by atoms with Crippen molar-refractivity contribution in [2.45, 2.75) is 26.7 Å². The molecule has 6 atom stereocenters. The minimum atomic E-state index is -0.518. The van der Waals surface area contributed by atoms with Crippen molar-refractivity contribution >= 4 is 56.4 Å². The number of hydrogen-bond donors (Lipinski definition) is 4. The first-order valence-corrected chi connectivity index (χ1v) is 20.9. The number of fused-ring (bicyclic) bond motifs is 2. The van der Waals surface area contributed by atoms with Crippen LogP contribution in [0.25, 0.3) is 43.8 Å². The fraction of sp³-hybridized carbons (Fsp3) is 0.333. The number of anilines is 4. The van der Waals surface area contributed by atoms with Crippen molar-refractivity contribution in [3.05, 3.63) is 96.3 Å². The molecule has 6 aromatic rings. The lowest BCUT2D eigenvalue weighted by Crippen LogP contribution is -2.20. The molecule has 2 amide bonds. The molecule has 14 nitrogen and oxygen atoms in total. The number of aromatic nitrogens is 4. The summed E-state index contributed by atoms with van der Waals surface area (Å²) in [6.45, 7) is 5.26. The molecule has 0 saturated heterocycles. The molecule has 0 aliphatic heterocycles. The van der Waals surface area contributed by atoms with Crippen LogP contribution in [0.15, 0.2) is 73.6 Å². The van der Waals surface area contributed by atoms with E-state index in [1.54, 1.807) is 49.1 Å². The summed E-state index contributed by atoms with van der Waals surface area (Å²) >= 11 is 0. The number of pyridine rings is 4. The lowest BCUT2D eigenvalue weighted by molar-refractivity contribution is -0.118. The Labute approximate surface area is 370 Å². The molecule has 2 aliphatic carbocycles. The number of benzene rings is 2. The first-order chi connectivity index (χ1) is 30.6. The van der Waals surface area contributed by atoms with Crippen LogP contribution in [0.3, 0.4) is 0 Å². The van der Waals surface area contributed by atoms with Crippen LogP contribution in [0, 0.1) is 83.7 Å². The summed E-state index contributed by atoms with van der Waals surface area (Å²) in [5.41, 5.74) is 15.9. The number of aryl methyl sites for hydroxylation is 2. The quantitative estimate of drug-likeness (QED) is 0.0899. The third-order valence-corrected chi connectivity index (χ3v) is 12.2. The molecule has 4 heterocycles. The van der Waals surface area contributed by atoms with Gasteiger partial charge in [0.15, 0.2) is 11.6 Å². The number of amides is 2. The average Bonchev–Trinajstić information content (AvgIpc) is 4.14. The minimum Gasteiger partial charge on any atom is -0.396 e. The molecule has 2 saturated carbocycles. The smallest absolute Gasteiger partial charge is 0.229 e. The SMILES string of the molecule is Cc1ccncc1-c1cc2cc(NC(=O)[C@@H]3[C@@H](CC#N)[C@@H]3CN(C)C)ncc2c(N)c1F.Cc1ccncc1-c1cc2cc(NC(=O)[C@H]3[C@H](CC#N)[C@H]3CN(C)C)ncc2c(N)c1F. The standard InChI is InChI=1S/2C24H25FN6O/c2*1-13-5-7-28-10-17(13)16-8-14-9-20(29-11-18(14)23(27)22(16)25)30-24(32)21-15(4-6-26)19(21)12-31(2)3/h2*5,7-11,15,19,21H,4,12,27H2,1-3H3,(H,29,30,32)/t2*15-,19-,21+/m10/s1. The molecule has 0 bridgehead atoms. The van der Waals surface area contributed by atoms with E-state index in [1.807, 2.05) is 64.0 Å². The third kappa shape index (κ3) is 9.29.